The van der Waals surface area contributed by atoms with Crippen LogP contribution >= 0.6 is 11.6 Å². The maximum atomic E-state index is 14.6. The number of carbonyl (C=O) groups excluding carboxylic acids is 2. The monoisotopic (exact) mass is 707 g/mol. The molecule has 0 bridgehead atoms. The largest absolute Gasteiger partial charge is 0.493 e. The number of hydrogen-bond acceptors (Lipinski definition) is 6. The van der Waals surface area contributed by atoms with Crippen molar-refractivity contribution < 1.29 is 31.9 Å². The number of nitrogens with zero attached hydrogens (tertiary/aromatic N) is 2. The van der Waals surface area contributed by atoms with Crippen LogP contribution in [0.4, 0.5) is 10.1 Å². The van der Waals surface area contributed by atoms with Crippen molar-refractivity contribution in [1.82, 2.24) is 10.2 Å². The molecule has 0 aliphatic heterocycles. The number of anilines is 1. The molecule has 0 radical (unpaired) electrons. The Kier molecular flexibility index (Phi) is 11.8. The molecule has 9 nitrogen and oxygen atoms in total. The van der Waals surface area contributed by atoms with E-state index in [4.69, 9.17) is 21.1 Å². The second kappa shape index (κ2) is 16.2. The molecule has 1 atom stereocenters. The molecule has 2 amide bonds. The molecule has 0 aromatic heterocycles. The van der Waals surface area contributed by atoms with Gasteiger partial charge in [-0.3, -0.25) is 13.9 Å². The van der Waals surface area contributed by atoms with Crippen molar-refractivity contribution in [3.8, 4) is 11.5 Å². The van der Waals surface area contributed by atoms with E-state index in [0.29, 0.717) is 16.3 Å². The molecule has 1 unspecified atom stereocenters. The van der Waals surface area contributed by atoms with Crippen molar-refractivity contribution >= 4 is 39.1 Å². The Bertz CT molecular complexity index is 1840. The van der Waals surface area contributed by atoms with Crippen molar-refractivity contribution in [2.24, 2.45) is 0 Å². The number of halogens is 2. The van der Waals surface area contributed by atoms with Gasteiger partial charge < -0.3 is 19.7 Å². The lowest BCUT2D eigenvalue weighted by Gasteiger charge is -2.34. The summed E-state index contributed by atoms with van der Waals surface area (Å²) in [6.45, 7) is -0.683. The number of amides is 2. The first-order valence-electron chi connectivity index (χ1n) is 16.0. The number of sulfonamides is 1. The molecule has 1 aliphatic rings. The van der Waals surface area contributed by atoms with Gasteiger partial charge in [0.05, 0.1) is 24.8 Å². The first-order chi connectivity index (χ1) is 23.6. The summed E-state index contributed by atoms with van der Waals surface area (Å²) < 4.78 is 54.3. The Labute approximate surface area is 291 Å². The summed E-state index contributed by atoms with van der Waals surface area (Å²) in [4.78, 5) is 30.0. The van der Waals surface area contributed by atoms with Crippen LogP contribution in [0.15, 0.2) is 102 Å². The molecular weight excluding hydrogens is 669 g/mol. The number of benzene rings is 4. The van der Waals surface area contributed by atoms with Gasteiger partial charge in [-0.15, -0.1) is 0 Å². The highest BCUT2D eigenvalue weighted by Crippen LogP contribution is 2.33. The molecule has 4 aromatic carbocycles. The van der Waals surface area contributed by atoms with Crippen LogP contribution in [0.25, 0.3) is 0 Å². The summed E-state index contributed by atoms with van der Waals surface area (Å²) in [5.74, 6) is -1.05. The van der Waals surface area contributed by atoms with Crippen LogP contribution in [0.1, 0.15) is 36.8 Å². The van der Waals surface area contributed by atoms with Crippen LogP contribution in [-0.2, 0) is 32.6 Å². The third-order valence-corrected chi connectivity index (χ3v) is 10.6. The van der Waals surface area contributed by atoms with Crippen LogP contribution in [-0.4, -0.2) is 58.0 Å². The molecule has 1 fully saturated rings. The molecule has 1 N–H and O–H groups in total. The molecule has 258 valence electrons. The van der Waals surface area contributed by atoms with Gasteiger partial charge in [0, 0.05) is 30.1 Å². The zero-order valence-corrected chi connectivity index (χ0v) is 28.9. The van der Waals surface area contributed by atoms with Gasteiger partial charge >= 0.3 is 0 Å². The number of nitrogens with one attached hydrogen (secondary N) is 1. The molecule has 0 saturated heterocycles. The molecule has 1 saturated carbocycles. The highest BCUT2D eigenvalue weighted by molar-refractivity contribution is 7.92. The number of rotatable bonds is 14. The van der Waals surface area contributed by atoms with Crippen LogP contribution in [0, 0.1) is 5.82 Å². The van der Waals surface area contributed by atoms with Crippen LogP contribution in [0.3, 0.4) is 0 Å². The highest BCUT2D eigenvalue weighted by atomic mass is 35.5. The van der Waals surface area contributed by atoms with Gasteiger partial charge in [0.1, 0.15) is 18.4 Å². The fraction of sp³-hybridized carbons (Fsp3) is 0.297. The second-order valence-corrected chi connectivity index (χ2v) is 14.1. The third-order valence-electron chi connectivity index (χ3n) is 8.58. The van der Waals surface area contributed by atoms with E-state index in [0.717, 1.165) is 47.7 Å². The van der Waals surface area contributed by atoms with E-state index in [1.807, 2.05) is 30.3 Å². The summed E-state index contributed by atoms with van der Waals surface area (Å²) >= 11 is 6.16. The van der Waals surface area contributed by atoms with Crippen molar-refractivity contribution in [2.75, 3.05) is 25.1 Å². The van der Waals surface area contributed by atoms with E-state index >= 15 is 0 Å². The van der Waals surface area contributed by atoms with E-state index < -0.39 is 34.3 Å². The number of methoxy groups -OCH3 is 2. The summed E-state index contributed by atoms with van der Waals surface area (Å²) in [6.07, 6.45) is 3.89. The van der Waals surface area contributed by atoms with Gasteiger partial charge in [0.25, 0.3) is 10.0 Å². The Balaban J connectivity index is 1.57. The molecule has 0 spiro atoms. The number of ether oxygens (including phenoxy) is 2. The molecule has 0 heterocycles. The first-order valence-corrected chi connectivity index (χ1v) is 17.8. The van der Waals surface area contributed by atoms with E-state index in [1.54, 1.807) is 24.3 Å². The quantitative estimate of drug-likeness (QED) is 0.163. The molecule has 1 aliphatic carbocycles. The minimum atomic E-state index is -4.45. The van der Waals surface area contributed by atoms with Crippen molar-refractivity contribution in [3.63, 3.8) is 0 Å². The Hall–Kier alpha value is -4.61. The minimum absolute atomic E-state index is 0.000741. The van der Waals surface area contributed by atoms with Crippen LogP contribution in [0.2, 0.25) is 5.02 Å². The van der Waals surface area contributed by atoms with E-state index in [9.17, 15) is 22.4 Å². The molecule has 5 rings (SSSR count). The highest BCUT2D eigenvalue weighted by Gasteiger charge is 2.36. The fourth-order valence-electron chi connectivity index (χ4n) is 5.95. The molecule has 4 aromatic rings. The van der Waals surface area contributed by atoms with Crippen molar-refractivity contribution in [1.29, 1.82) is 0 Å². The van der Waals surface area contributed by atoms with Crippen molar-refractivity contribution in [3.05, 3.63) is 119 Å². The Morgan fingerprint density at radius 2 is 1.53 bits per heavy atom. The molecule has 49 heavy (non-hydrogen) atoms. The van der Waals surface area contributed by atoms with Crippen molar-refractivity contribution in [2.45, 2.75) is 55.6 Å². The zero-order chi connectivity index (χ0) is 35.0. The van der Waals surface area contributed by atoms with E-state index in [-0.39, 0.29) is 41.2 Å². The lowest BCUT2D eigenvalue weighted by molar-refractivity contribution is -0.140. The van der Waals surface area contributed by atoms with E-state index in [1.165, 1.54) is 49.5 Å². The summed E-state index contributed by atoms with van der Waals surface area (Å²) in [5.41, 5.74) is 1.59. The lowest BCUT2D eigenvalue weighted by Crippen LogP contribution is -2.54. The van der Waals surface area contributed by atoms with Crippen LogP contribution < -0.4 is 19.1 Å². The maximum absolute atomic E-state index is 14.6. The minimum Gasteiger partial charge on any atom is -0.493 e. The predicted molar refractivity (Wildman–Crippen MR) is 187 cm³/mol. The number of carbonyl (C=O) groups is 2. The fourth-order valence-corrected chi connectivity index (χ4v) is 7.50. The van der Waals surface area contributed by atoms with Crippen LogP contribution in [0.5, 0.6) is 11.5 Å². The van der Waals surface area contributed by atoms with Gasteiger partial charge in [-0.25, -0.2) is 12.8 Å². The number of hydrogen-bond donors (Lipinski definition) is 1. The van der Waals surface area contributed by atoms with Gasteiger partial charge in [-0.1, -0.05) is 66.9 Å². The summed E-state index contributed by atoms with van der Waals surface area (Å²) in [6, 6.07) is 24.2. The van der Waals surface area contributed by atoms with Gasteiger partial charge in [-0.05, 0) is 72.5 Å². The smallest absolute Gasteiger partial charge is 0.264 e. The van der Waals surface area contributed by atoms with Gasteiger partial charge in [0.2, 0.25) is 11.8 Å². The lowest BCUT2D eigenvalue weighted by atomic mass is 10.0. The topological polar surface area (TPSA) is 105 Å². The third kappa shape index (κ3) is 8.90. The summed E-state index contributed by atoms with van der Waals surface area (Å²) in [7, 11) is -1.63. The SMILES string of the molecule is COc1ccc(S(=O)(=O)N(CC(=O)N(Cc2ccc(Cl)cc2)C(Cc2ccccc2)C(=O)NC2CCCC2)c2ccc(F)cc2)cc1OC. The molecule has 12 heteroatoms. The van der Waals surface area contributed by atoms with Gasteiger partial charge in [0.15, 0.2) is 11.5 Å². The standard InChI is InChI=1S/C37H39ClFN3O6S/c1-47-34-21-20-32(23-35(34)48-2)49(45,46)42(31-18-16-29(39)17-19-31)25-36(43)41(24-27-12-14-28(38)15-13-27)33(22-26-8-4-3-5-9-26)37(44)40-30-10-6-7-11-30/h3-5,8-9,12-21,23,30,33H,6-7,10-11,22,24-25H2,1-2H3,(H,40,44). The summed E-state index contributed by atoms with van der Waals surface area (Å²) in [5, 5.41) is 3.65. The Morgan fingerprint density at radius 1 is 0.878 bits per heavy atom. The second-order valence-electron chi connectivity index (χ2n) is 11.8. The Morgan fingerprint density at radius 3 is 2.16 bits per heavy atom. The van der Waals surface area contributed by atoms with Gasteiger partial charge in [-0.2, -0.15) is 0 Å². The normalized spacial score (nSPS) is 13.8. The first kappa shape index (κ1) is 35.7. The predicted octanol–water partition coefficient (Wildman–Crippen LogP) is 6.39. The maximum Gasteiger partial charge on any atom is 0.264 e. The average molecular weight is 708 g/mol. The average Bonchev–Trinajstić information content (AvgIpc) is 3.63. The zero-order valence-electron chi connectivity index (χ0n) is 27.4. The van der Waals surface area contributed by atoms with E-state index in [2.05, 4.69) is 5.32 Å². The molecular formula is C37H39ClFN3O6S.